The maximum absolute atomic E-state index is 5.95. The van der Waals surface area contributed by atoms with Gasteiger partial charge in [-0.1, -0.05) is 38.0 Å². The van der Waals surface area contributed by atoms with E-state index < -0.39 is 0 Å². The first-order valence-electron chi connectivity index (χ1n) is 5.81. The molecule has 0 aliphatic heterocycles. The van der Waals surface area contributed by atoms with Crippen molar-refractivity contribution in [2.45, 2.75) is 51.5 Å². The van der Waals surface area contributed by atoms with Gasteiger partial charge in [0.15, 0.2) is 0 Å². The van der Waals surface area contributed by atoms with Gasteiger partial charge in [-0.15, -0.1) is 10.2 Å². The van der Waals surface area contributed by atoms with Crippen LogP contribution in [0.3, 0.4) is 0 Å². The van der Waals surface area contributed by atoms with E-state index in [0.29, 0.717) is 5.92 Å². The molecule has 3 atom stereocenters. The zero-order valence-corrected chi connectivity index (χ0v) is 10.3. The van der Waals surface area contributed by atoms with Gasteiger partial charge in [-0.25, -0.2) is 0 Å². The van der Waals surface area contributed by atoms with Gasteiger partial charge in [-0.05, 0) is 18.8 Å². The topological polar surface area (TPSA) is 51.8 Å². The van der Waals surface area contributed by atoms with Crippen LogP contribution in [0.1, 0.15) is 61.5 Å². The molecule has 3 unspecified atom stereocenters. The molecule has 0 aromatic carbocycles. The summed E-state index contributed by atoms with van der Waals surface area (Å²) < 4.78 is 0. The van der Waals surface area contributed by atoms with Crippen LogP contribution in [0, 0.1) is 5.92 Å². The van der Waals surface area contributed by atoms with Gasteiger partial charge in [0.2, 0.25) is 0 Å². The van der Waals surface area contributed by atoms with Crippen molar-refractivity contribution in [3.05, 3.63) is 10.0 Å². The first kappa shape index (κ1) is 11.0. The van der Waals surface area contributed by atoms with E-state index >= 15 is 0 Å². The first-order valence-corrected chi connectivity index (χ1v) is 6.63. The Morgan fingerprint density at radius 3 is 2.87 bits per heavy atom. The van der Waals surface area contributed by atoms with Crippen molar-refractivity contribution in [2.75, 3.05) is 0 Å². The second-order valence-corrected chi connectivity index (χ2v) is 5.55. The summed E-state index contributed by atoms with van der Waals surface area (Å²) >= 11 is 1.72. The molecule has 1 saturated carbocycles. The monoisotopic (exact) mass is 225 g/mol. The van der Waals surface area contributed by atoms with Crippen molar-refractivity contribution in [3.8, 4) is 0 Å². The van der Waals surface area contributed by atoms with Gasteiger partial charge in [0, 0.05) is 5.92 Å². The molecule has 0 radical (unpaired) electrons. The van der Waals surface area contributed by atoms with Crippen molar-refractivity contribution in [1.82, 2.24) is 10.2 Å². The Kier molecular flexibility index (Phi) is 3.36. The molecule has 1 heterocycles. The maximum atomic E-state index is 5.95. The van der Waals surface area contributed by atoms with Gasteiger partial charge < -0.3 is 5.73 Å². The molecule has 0 saturated heterocycles. The fraction of sp³-hybridized carbons (Fsp3) is 0.818. The number of rotatable bonds is 3. The first-order chi connectivity index (χ1) is 7.22. The van der Waals surface area contributed by atoms with Gasteiger partial charge in [-0.3, -0.25) is 0 Å². The third-order valence-electron chi connectivity index (χ3n) is 3.39. The van der Waals surface area contributed by atoms with Crippen LogP contribution in [0.2, 0.25) is 0 Å². The molecule has 3 nitrogen and oxygen atoms in total. The molecule has 0 amide bonds. The highest BCUT2D eigenvalue weighted by atomic mass is 32.1. The van der Waals surface area contributed by atoms with Crippen molar-refractivity contribution < 1.29 is 0 Å². The van der Waals surface area contributed by atoms with Crippen LogP contribution in [-0.4, -0.2) is 10.2 Å². The average molecular weight is 225 g/mol. The summed E-state index contributed by atoms with van der Waals surface area (Å²) in [5, 5.41) is 10.7. The Morgan fingerprint density at radius 1 is 1.47 bits per heavy atom. The SMILES string of the molecule is CCC(N)c1nnc(C2CCCC2C)s1. The van der Waals surface area contributed by atoms with E-state index in [1.165, 1.54) is 24.3 Å². The largest absolute Gasteiger partial charge is 0.322 e. The van der Waals surface area contributed by atoms with E-state index in [1.807, 2.05) is 0 Å². The minimum absolute atomic E-state index is 0.0768. The maximum Gasteiger partial charge on any atom is 0.134 e. The lowest BCUT2D eigenvalue weighted by molar-refractivity contribution is 0.527. The highest BCUT2D eigenvalue weighted by Gasteiger charge is 2.28. The second kappa shape index (κ2) is 4.58. The van der Waals surface area contributed by atoms with Crippen LogP contribution in [-0.2, 0) is 0 Å². The Morgan fingerprint density at radius 2 is 2.27 bits per heavy atom. The summed E-state index contributed by atoms with van der Waals surface area (Å²) in [5.74, 6) is 1.41. The summed E-state index contributed by atoms with van der Waals surface area (Å²) in [4.78, 5) is 0. The van der Waals surface area contributed by atoms with E-state index in [-0.39, 0.29) is 6.04 Å². The molecule has 15 heavy (non-hydrogen) atoms. The van der Waals surface area contributed by atoms with E-state index in [4.69, 9.17) is 5.73 Å². The molecule has 0 bridgehead atoms. The van der Waals surface area contributed by atoms with Crippen molar-refractivity contribution in [1.29, 1.82) is 0 Å². The number of hydrogen-bond donors (Lipinski definition) is 1. The molecule has 1 aromatic heterocycles. The quantitative estimate of drug-likeness (QED) is 0.860. The summed E-state index contributed by atoms with van der Waals surface area (Å²) in [6.07, 6.45) is 4.88. The zero-order valence-electron chi connectivity index (χ0n) is 9.44. The minimum atomic E-state index is 0.0768. The second-order valence-electron chi connectivity index (χ2n) is 4.51. The normalized spacial score (nSPS) is 28.2. The molecule has 4 heteroatoms. The fourth-order valence-electron chi connectivity index (χ4n) is 2.23. The zero-order chi connectivity index (χ0) is 10.8. The Bertz CT molecular complexity index is 323. The van der Waals surface area contributed by atoms with E-state index in [1.54, 1.807) is 11.3 Å². The molecule has 1 aliphatic rings. The predicted molar refractivity (Wildman–Crippen MR) is 62.9 cm³/mol. The third-order valence-corrected chi connectivity index (χ3v) is 4.58. The van der Waals surface area contributed by atoms with Gasteiger partial charge in [0.05, 0.1) is 6.04 Å². The number of nitrogens with zero attached hydrogens (tertiary/aromatic N) is 2. The molecule has 84 valence electrons. The lowest BCUT2D eigenvalue weighted by Crippen LogP contribution is -2.07. The molecule has 2 rings (SSSR count). The van der Waals surface area contributed by atoms with Crippen LogP contribution in [0.15, 0.2) is 0 Å². The molecule has 0 spiro atoms. The number of nitrogens with two attached hydrogens (primary N) is 1. The Labute approximate surface area is 95.1 Å². The highest BCUT2D eigenvalue weighted by Crippen LogP contribution is 2.40. The highest BCUT2D eigenvalue weighted by molar-refractivity contribution is 7.11. The molecular formula is C11H19N3S. The summed E-state index contributed by atoms with van der Waals surface area (Å²) in [6, 6.07) is 0.0768. The molecule has 1 aliphatic carbocycles. The van der Waals surface area contributed by atoms with Gasteiger partial charge in [0.25, 0.3) is 0 Å². The van der Waals surface area contributed by atoms with Crippen LogP contribution < -0.4 is 5.73 Å². The summed E-state index contributed by atoms with van der Waals surface area (Å²) in [7, 11) is 0. The summed E-state index contributed by atoms with van der Waals surface area (Å²) in [6.45, 7) is 4.41. The predicted octanol–water partition coefficient (Wildman–Crippen LogP) is 2.85. The smallest absolute Gasteiger partial charge is 0.134 e. The molecule has 1 fully saturated rings. The van der Waals surface area contributed by atoms with Crippen LogP contribution in [0.4, 0.5) is 0 Å². The fourth-order valence-corrected chi connectivity index (χ4v) is 3.43. The lowest BCUT2D eigenvalue weighted by atomic mass is 9.99. The van der Waals surface area contributed by atoms with Crippen LogP contribution >= 0.6 is 11.3 Å². The van der Waals surface area contributed by atoms with Gasteiger partial charge in [0.1, 0.15) is 10.0 Å². The van der Waals surface area contributed by atoms with E-state index in [0.717, 1.165) is 17.3 Å². The van der Waals surface area contributed by atoms with Crippen molar-refractivity contribution in [3.63, 3.8) is 0 Å². The Balaban J connectivity index is 2.12. The summed E-state index contributed by atoms with van der Waals surface area (Å²) in [5.41, 5.74) is 5.95. The number of hydrogen-bond acceptors (Lipinski definition) is 4. The van der Waals surface area contributed by atoms with Crippen LogP contribution in [0.5, 0.6) is 0 Å². The van der Waals surface area contributed by atoms with E-state index in [9.17, 15) is 0 Å². The average Bonchev–Trinajstić information content (AvgIpc) is 2.84. The number of aromatic nitrogens is 2. The minimum Gasteiger partial charge on any atom is -0.322 e. The van der Waals surface area contributed by atoms with Gasteiger partial charge >= 0.3 is 0 Å². The molecular weight excluding hydrogens is 206 g/mol. The molecule has 1 aromatic rings. The molecule has 2 N–H and O–H groups in total. The Hall–Kier alpha value is -0.480. The lowest BCUT2D eigenvalue weighted by Gasteiger charge is -2.10. The third kappa shape index (κ3) is 2.21. The van der Waals surface area contributed by atoms with Crippen molar-refractivity contribution >= 4 is 11.3 Å². The van der Waals surface area contributed by atoms with Gasteiger partial charge in [-0.2, -0.15) is 0 Å². The van der Waals surface area contributed by atoms with Crippen LogP contribution in [0.25, 0.3) is 0 Å². The standard InChI is InChI=1S/C11H19N3S/c1-3-9(12)11-14-13-10(15-11)8-6-4-5-7(8)2/h7-9H,3-6,12H2,1-2H3. The van der Waals surface area contributed by atoms with E-state index in [2.05, 4.69) is 24.0 Å². The van der Waals surface area contributed by atoms with Crippen molar-refractivity contribution in [2.24, 2.45) is 11.7 Å².